The second-order valence-electron chi connectivity index (χ2n) is 2.97. The van der Waals surface area contributed by atoms with Crippen LogP contribution in [0.1, 0.15) is 26.2 Å². The highest BCUT2D eigenvalue weighted by molar-refractivity contribution is 5.90. The van der Waals surface area contributed by atoms with Crippen LogP contribution in [-0.2, 0) is 9.53 Å². The third-order valence-corrected chi connectivity index (χ3v) is 1.80. The van der Waals surface area contributed by atoms with Gasteiger partial charge in [0, 0.05) is 12.0 Å². The average molecular weight is 166 g/mol. The van der Waals surface area contributed by atoms with E-state index in [-0.39, 0.29) is 12.1 Å². The first-order chi connectivity index (χ1) is 5.74. The highest BCUT2D eigenvalue weighted by Crippen LogP contribution is 2.19. The van der Waals surface area contributed by atoms with E-state index in [4.69, 9.17) is 4.74 Å². The molecule has 1 fully saturated rings. The molecule has 0 aromatic heterocycles. The minimum absolute atomic E-state index is 0.0588. The third-order valence-electron chi connectivity index (χ3n) is 1.80. The van der Waals surface area contributed by atoms with Crippen LogP contribution in [0.4, 0.5) is 0 Å². The molecule has 0 aromatic rings. The zero-order valence-electron chi connectivity index (χ0n) is 7.38. The molecule has 1 heterocycles. The Hall–Kier alpha value is -1.05. The summed E-state index contributed by atoms with van der Waals surface area (Å²) in [4.78, 5) is 10.9. The molecule has 0 aliphatic carbocycles. The monoisotopic (exact) mass is 166 g/mol. The largest absolute Gasteiger partial charge is 0.454 e. The summed E-state index contributed by atoms with van der Waals surface area (Å²) < 4.78 is 4.99. The summed E-state index contributed by atoms with van der Waals surface area (Å²) in [7, 11) is 0. The maximum Gasteiger partial charge on any atom is 0.334 e. The Labute approximate surface area is 72.9 Å². The molecule has 0 unspecified atom stereocenters. The molecule has 0 saturated carbocycles. The van der Waals surface area contributed by atoms with Crippen LogP contribution in [0.5, 0.6) is 0 Å². The van der Waals surface area contributed by atoms with Crippen LogP contribution in [0.2, 0.25) is 0 Å². The first-order valence-corrected chi connectivity index (χ1v) is 4.29. The van der Waals surface area contributed by atoms with E-state index in [0.717, 1.165) is 12.8 Å². The highest BCUT2D eigenvalue weighted by Gasteiger charge is 2.24. The molecular weight excluding hydrogens is 152 g/mol. The topological polar surface area (TPSA) is 26.3 Å². The second-order valence-corrected chi connectivity index (χ2v) is 2.97. The standard InChI is InChI=1S/C10H14O2/c1-3-4-5-6-9-7-8(2)10(11)12-9/h5-6,9H,2-4,7H2,1H3/b6-5+/t9-/m1/s1. The molecule has 0 spiro atoms. The molecule has 1 atom stereocenters. The molecule has 0 amide bonds. The predicted octanol–water partition coefficient (Wildman–Crippen LogP) is 2.21. The van der Waals surface area contributed by atoms with Crippen molar-refractivity contribution < 1.29 is 9.53 Å². The van der Waals surface area contributed by atoms with Crippen LogP contribution in [0.25, 0.3) is 0 Å². The van der Waals surface area contributed by atoms with Crippen LogP contribution in [0, 0.1) is 0 Å². The van der Waals surface area contributed by atoms with Crippen LogP contribution in [0.15, 0.2) is 24.3 Å². The number of carbonyl (C=O) groups is 1. The maximum absolute atomic E-state index is 10.9. The Balaban J connectivity index is 2.37. The second kappa shape index (κ2) is 4.10. The van der Waals surface area contributed by atoms with Gasteiger partial charge in [-0.15, -0.1) is 0 Å². The van der Waals surface area contributed by atoms with E-state index in [9.17, 15) is 4.79 Å². The Morgan fingerprint density at radius 1 is 1.75 bits per heavy atom. The number of esters is 1. The van der Waals surface area contributed by atoms with Crippen molar-refractivity contribution in [1.82, 2.24) is 0 Å². The number of carbonyl (C=O) groups excluding carboxylic acids is 1. The minimum Gasteiger partial charge on any atom is -0.454 e. The van der Waals surface area contributed by atoms with Crippen molar-refractivity contribution in [2.24, 2.45) is 0 Å². The van der Waals surface area contributed by atoms with Crippen molar-refractivity contribution in [3.05, 3.63) is 24.3 Å². The fourth-order valence-electron chi connectivity index (χ4n) is 1.11. The normalized spacial score (nSPS) is 23.6. The third kappa shape index (κ3) is 2.22. The lowest BCUT2D eigenvalue weighted by Gasteiger charge is -1.99. The van der Waals surface area contributed by atoms with Gasteiger partial charge in [0.05, 0.1) is 0 Å². The molecule has 1 saturated heterocycles. The molecule has 0 aromatic carbocycles. The van der Waals surface area contributed by atoms with Gasteiger partial charge in [-0.25, -0.2) is 4.79 Å². The smallest absolute Gasteiger partial charge is 0.334 e. The number of hydrogen-bond donors (Lipinski definition) is 0. The summed E-state index contributed by atoms with van der Waals surface area (Å²) in [6, 6.07) is 0. The number of ether oxygens (including phenoxy) is 1. The molecule has 66 valence electrons. The van der Waals surface area contributed by atoms with Gasteiger partial charge >= 0.3 is 5.97 Å². The molecule has 0 bridgehead atoms. The van der Waals surface area contributed by atoms with Gasteiger partial charge in [0.15, 0.2) is 0 Å². The zero-order valence-corrected chi connectivity index (χ0v) is 7.38. The minimum atomic E-state index is -0.249. The molecule has 12 heavy (non-hydrogen) atoms. The first-order valence-electron chi connectivity index (χ1n) is 4.29. The van der Waals surface area contributed by atoms with Crippen LogP contribution in [0.3, 0.4) is 0 Å². The van der Waals surface area contributed by atoms with Gasteiger partial charge in [-0.3, -0.25) is 0 Å². The van der Waals surface area contributed by atoms with E-state index in [2.05, 4.69) is 19.6 Å². The summed E-state index contributed by atoms with van der Waals surface area (Å²) in [6.07, 6.45) is 6.75. The summed E-state index contributed by atoms with van der Waals surface area (Å²) >= 11 is 0. The number of cyclic esters (lactones) is 1. The van der Waals surface area contributed by atoms with Gasteiger partial charge in [0.1, 0.15) is 6.10 Å². The van der Waals surface area contributed by atoms with Gasteiger partial charge in [-0.1, -0.05) is 26.0 Å². The van der Waals surface area contributed by atoms with Crippen molar-refractivity contribution in [3.8, 4) is 0 Å². The van der Waals surface area contributed by atoms with Gasteiger partial charge in [-0.2, -0.15) is 0 Å². The Kier molecular flexibility index (Phi) is 3.09. The number of hydrogen-bond acceptors (Lipinski definition) is 2. The van der Waals surface area contributed by atoms with Crippen LogP contribution >= 0.6 is 0 Å². The van der Waals surface area contributed by atoms with Crippen molar-refractivity contribution >= 4 is 5.97 Å². The molecule has 1 aliphatic heterocycles. The SMILES string of the molecule is C=C1C[C@@H](/C=C/CCC)OC1=O. The van der Waals surface area contributed by atoms with Crippen molar-refractivity contribution in [2.45, 2.75) is 32.3 Å². The summed E-state index contributed by atoms with van der Waals surface area (Å²) in [5.74, 6) is -0.249. The Morgan fingerprint density at radius 2 is 2.50 bits per heavy atom. The van der Waals surface area contributed by atoms with Gasteiger partial charge in [0.25, 0.3) is 0 Å². The maximum atomic E-state index is 10.9. The molecule has 0 N–H and O–H groups in total. The molecule has 2 nitrogen and oxygen atoms in total. The lowest BCUT2D eigenvalue weighted by Crippen LogP contribution is -2.01. The number of allylic oxidation sites excluding steroid dienone is 1. The van der Waals surface area contributed by atoms with E-state index in [1.165, 1.54) is 0 Å². The number of unbranched alkanes of at least 4 members (excludes halogenated alkanes) is 1. The van der Waals surface area contributed by atoms with Crippen LogP contribution < -0.4 is 0 Å². The van der Waals surface area contributed by atoms with E-state index >= 15 is 0 Å². The number of rotatable bonds is 3. The first kappa shape index (κ1) is 9.04. The van der Waals surface area contributed by atoms with E-state index < -0.39 is 0 Å². The fraction of sp³-hybridized carbons (Fsp3) is 0.500. The fourth-order valence-corrected chi connectivity index (χ4v) is 1.11. The lowest BCUT2D eigenvalue weighted by molar-refractivity contribution is -0.137. The average Bonchev–Trinajstić information content (AvgIpc) is 2.32. The lowest BCUT2D eigenvalue weighted by atomic mass is 10.1. The van der Waals surface area contributed by atoms with Crippen molar-refractivity contribution in [3.63, 3.8) is 0 Å². The van der Waals surface area contributed by atoms with Crippen molar-refractivity contribution in [2.75, 3.05) is 0 Å². The predicted molar refractivity (Wildman–Crippen MR) is 47.7 cm³/mol. The van der Waals surface area contributed by atoms with E-state index in [1.54, 1.807) is 0 Å². The Bertz CT molecular complexity index is 200. The summed E-state index contributed by atoms with van der Waals surface area (Å²) in [5.41, 5.74) is 0.584. The van der Waals surface area contributed by atoms with Crippen molar-refractivity contribution in [1.29, 1.82) is 0 Å². The zero-order chi connectivity index (χ0) is 8.97. The quantitative estimate of drug-likeness (QED) is 0.365. The highest BCUT2D eigenvalue weighted by atomic mass is 16.5. The Morgan fingerprint density at radius 3 is 3.00 bits per heavy atom. The molecular formula is C10H14O2. The van der Waals surface area contributed by atoms with E-state index in [0.29, 0.717) is 12.0 Å². The molecule has 0 radical (unpaired) electrons. The van der Waals surface area contributed by atoms with Gasteiger partial charge in [-0.05, 0) is 12.5 Å². The molecule has 2 heteroatoms. The summed E-state index contributed by atoms with van der Waals surface area (Å²) in [5, 5.41) is 0. The van der Waals surface area contributed by atoms with Gasteiger partial charge in [0.2, 0.25) is 0 Å². The molecule has 1 rings (SSSR count). The van der Waals surface area contributed by atoms with Gasteiger partial charge < -0.3 is 4.74 Å². The van der Waals surface area contributed by atoms with E-state index in [1.807, 2.05) is 6.08 Å². The molecule has 1 aliphatic rings. The summed E-state index contributed by atoms with van der Waals surface area (Å²) in [6.45, 7) is 5.72. The van der Waals surface area contributed by atoms with Crippen LogP contribution in [-0.4, -0.2) is 12.1 Å².